The van der Waals surface area contributed by atoms with Crippen molar-refractivity contribution in [1.29, 1.82) is 0 Å². The van der Waals surface area contributed by atoms with Crippen LogP contribution in [0.5, 0.6) is 0 Å². The zero-order valence-corrected chi connectivity index (χ0v) is 10.2. The number of hydrogen-bond acceptors (Lipinski definition) is 2. The van der Waals surface area contributed by atoms with E-state index in [0.717, 1.165) is 13.0 Å². The van der Waals surface area contributed by atoms with Crippen LogP contribution in [0, 0.1) is 5.41 Å². The molecule has 2 rings (SSSR count). The van der Waals surface area contributed by atoms with Gasteiger partial charge in [0.05, 0.1) is 0 Å². The van der Waals surface area contributed by atoms with E-state index in [1.165, 1.54) is 18.5 Å². The summed E-state index contributed by atoms with van der Waals surface area (Å²) in [5.74, 6) is 0. The van der Waals surface area contributed by atoms with Gasteiger partial charge in [-0.15, -0.1) is 0 Å². The van der Waals surface area contributed by atoms with Crippen LogP contribution in [0.15, 0.2) is 18.3 Å². The number of aromatic nitrogens is 1. The van der Waals surface area contributed by atoms with Crippen LogP contribution in [-0.2, 0) is 13.6 Å². The molecule has 2 unspecified atom stereocenters. The number of aliphatic hydroxyl groups is 1. The third-order valence-electron chi connectivity index (χ3n) is 4.02. The Bertz CT molecular complexity index is 347. The fourth-order valence-corrected chi connectivity index (χ4v) is 2.68. The Morgan fingerprint density at radius 3 is 3.06 bits per heavy atom. The van der Waals surface area contributed by atoms with Gasteiger partial charge in [-0.1, -0.05) is 13.3 Å². The molecule has 1 fully saturated rings. The topological polar surface area (TPSA) is 37.2 Å². The van der Waals surface area contributed by atoms with Gasteiger partial charge >= 0.3 is 0 Å². The Hall–Kier alpha value is -0.800. The maximum Gasteiger partial charge on any atom is 0.0499 e. The highest BCUT2D eigenvalue weighted by Gasteiger charge is 2.37. The summed E-state index contributed by atoms with van der Waals surface area (Å²) in [5, 5.41) is 13.0. The molecule has 0 bridgehead atoms. The van der Waals surface area contributed by atoms with E-state index in [1.54, 1.807) is 0 Å². The predicted molar refractivity (Wildman–Crippen MR) is 65.1 cm³/mol. The first-order valence-corrected chi connectivity index (χ1v) is 6.10. The second kappa shape index (κ2) is 4.60. The molecule has 1 saturated carbocycles. The largest absolute Gasteiger partial charge is 0.396 e. The van der Waals surface area contributed by atoms with E-state index < -0.39 is 0 Å². The average Bonchev–Trinajstić information content (AvgIpc) is 2.83. The van der Waals surface area contributed by atoms with E-state index >= 15 is 0 Å². The first kappa shape index (κ1) is 11.7. The summed E-state index contributed by atoms with van der Waals surface area (Å²) >= 11 is 0. The highest BCUT2D eigenvalue weighted by atomic mass is 16.3. The lowest BCUT2D eigenvalue weighted by atomic mass is 9.86. The summed E-state index contributed by atoms with van der Waals surface area (Å²) < 4.78 is 2.14. The van der Waals surface area contributed by atoms with Crippen LogP contribution in [0.2, 0.25) is 0 Å². The molecule has 1 aromatic rings. The van der Waals surface area contributed by atoms with Crippen molar-refractivity contribution in [3.63, 3.8) is 0 Å². The maximum atomic E-state index is 9.46. The lowest BCUT2D eigenvalue weighted by Crippen LogP contribution is -2.41. The molecule has 0 radical (unpaired) electrons. The summed E-state index contributed by atoms with van der Waals surface area (Å²) in [5.41, 5.74) is 1.37. The van der Waals surface area contributed by atoms with Gasteiger partial charge in [-0.3, -0.25) is 0 Å². The lowest BCUT2D eigenvalue weighted by molar-refractivity contribution is 0.118. The van der Waals surface area contributed by atoms with Crippen LogP contribution in [-0.4, -0.2) is 22.3 Å². The molecule has 1 aliphatic rings. The smallest absolute Gasteiger partial charge is 0.0499 e. The monoisotopic (exact) mass is 222 g/mol. The van der Waals surface area contributed by atoms with Crippen molar-refractivity contribution in [2.45, 2.75) is 38.8 Å². The third kappa shape index (κ3) is 2.15. The standard InChI is InChI=1S/C13H22N2O/c1-13(10-16)7-3-6-12(13)14-9-11-5-4-8-15(11)2/h4-5,8,12,14,16H,3,6-7,9-10H2,1-2H3. The molecule has 1 heterocycles. The summed E-state index contributed by atoms with van der Waals surface area (Å²) in [6.45, 7) is 3.37. The highest BCUT2D eigenvalue weighted by Crippen LogP contribution is 2.37. The van der Waals surface area contributed by atoms with Gasteiger partial charge in [-0.05, 0) is 25.0 Å². The third-order valence-corrected chi connectivity index (χ3v) is 4.02. The minimum absolute atomic E-state index is 0.0746. The summed E-state index contributed by atoms with van der Waals surface area (Å²) in [4.78, 5) is 0. The predicted octanol–water partition coefficient (Wildman–Crippen LogP) is 1.67. The van der Waals surface area contributed by atoms with Crippen molar-refractivity contribution in [3.8, 4) is 0 Å². The van der Waals surface area contributed by atoms with Gasteiger partial charge in [-0.25, -0.2) is 0 Å². The Balaban J connectivity index is 1.93. The number of rotatable bonds is 4. The van der Waals surface area contributed by atoms with E-state index in [4.69, 9.17) is 0 Å². The van der Waals surface area contributed by atoms with Gasteiger partial charge < -0.3 is 15.0 Å². The zero-order valence-electron chi connectivity index (χ0n) is 10.2. The van der Waals surface area contributed by atoms with Crippen molar-refractivity contribution in [2.75, 3.05) is 6.61 Å². The molecule has 0 aromatic carbocycles. The Labute approximate surface area is 97.5 Å². The van der Waals surface area contributed by atoms with Gasteiger partial charge in [0.15, 0.2) is 0 Å². The quantitative estimate of drug-likeness (QED) is 0.813. The fourth-order valence-electron chi connectivity index (χ4n) is 2.68. The number of hydrogen-bond donors (Lipinski definition) is 2. The summed E-state index contributed by atoms with van der Waals surface area (Å²) in [6.07, 6.45) is 5.61. The molecule has 0 spiro atoms. The Morgan fingerprint density at radius 2 is 2.44 bits per heavy atom. The van der Waals surface area contributed by atoms with E-state index in [0.29, 0.717) is 6.04 Å². The van der Waals surface area contributed by atoms with Gasteiger partial charge in [0, 0.05) is 43.5 Å². The van der Waals surface area contributed by atoms with Crippen molar-refractivity contribution in [1.82, 2.24) is 9.88 Å². The van der Waals surface area contributed by atoms with E-state index in [2.05, 4.69) is 42.2 Å². The molecular formula is C13H22N2O. The molecule has 1 aromatic heterocycles. The SMILES string of the molecule is Cn1cccc1CNC1CCCC1(C)CO. The van der Waals surface area contributed by atoms with Crippen molar-refractivity contribution >= 4 is 0 Å². The van der Waals surface area contributed by atoms with E-state index in [1.807, 2.05) is 0 Å². The Morgan fingerprint density at radius 1 is 1.62 bits per heavy atom. The average molecular weight is 222 g/mol. The molecule has 16 heavy (non-hydrogen) atoms. The molecule has 3 nitrogen and oxygen atoms in total. The summed E-state index contributed by atoms with van der Waals surface area (Å²) in [7, 11) is 2.07. The maximum absolute atomic E-state index is 9.46. The Kier molecular flexibility index (Phi) is 3.36. The van der Waals surface area contributed by atoms with E-state index in [9.17, 15) is 5.11 Å². The van der Waals surface area contributed by atoms with Gasteiger partial charge in [-0.2, -0.15) is 0 Å². The molecule has 1 aliphatic carbocycles. The van der Waals surface area contributed by atoms with Gasteiger partial charge in [0.2, 0.25) is 0 Å². The molecule has 2 atom stereocenters. The molecular weight excluding hydrogens is 200 g/mol. The van der Waals surface area contributed by atoms with Crippen molar-refractivity contribution in [2.24, 2.45) is 12.5 Å². The number of nitrogens with zero attached hydrogens (tertiary/aromatic N) is 1. The minimum Gasteiger partial charge on any atom is -0.396 e. The molecule has 0 aliphatic heterocycles. The number of aliphatic hydroxyl groups excluding tert-OH is 1. The highest BCUT2D eigenvalue weighted by molar-refractivity contribution is 5.07. The van der Waals surface area contributed by atoms with Crippen LogP contribution in [0.1, 0.15) is 31.9 Å². The normalized spacial score (nSPS) is 29.8. The second-order valence-corrected chi connectivity index (χ2v) is 5.25. The van der Waals surface area contributed by atoms with Crippen molar-refractivity contribution in [3.05, 3.63) is 24.0 Å². The first-order valence-electron chi connectivity index (χ1n) is 6.10. The van der Waals surface area contributed by atoms with Crippen LogP contribution in [0.4, 0.5) is 0 Å². The van der Waals surface area contributed by atoms with Crippen molar-refractivity contribution < 1.29 is 5.11 Å². The molecule has 0 saturated heterocycles. The molecule has 0 amide bonds. The van der Waals surface area contributed by atoms with Crippen LogP contribution < -0.4 is 5.32 Å². The molecule has 3 heteroatoms. The zero-order chi connectivity index (χ0) is 11.6. The van der Waals surface area contributed by atoms with Gasteiger partial charge in [0.25, 0.3) is 0 Å². The van der Waals surface area contributed by atoms with Crippen LogP contribution in [0.3, 0.4) is 0 Å². The molecule has 90 valence electrons. The molecule has 2 N–H and O–H groups in total. The second-order valence-electron chi connectivity index (χ2n) is 5.25. The van der Waals surface area contributed by atoms with E-state index in [-0.39, 0.29) is 12.0 Å². The van der Waals surface area contributed by atoms with Crippen LogP contribution >= 0.6 is 0 Å². The lowest BCUT2D eigenvalue weighted by Gasteiger charge is -2.30. The number of aryl methyl sites for hydroxylation is 1. The minimum atomic E-state index is 0.0746. The van der Waals surface area contributed by atoms with Crippen LogP contribution in [0.25, 0.3) is 0 Å². The summed E-state index contributed by atoms with van der Waals surface area (Å²) in [6, 6.07) is 4.65. The number of nitrogens with one attached hydrogen (secondary N) is 1. The first-order chi connectivity index (χ1) is 7.65. The van der Waals surface area contributed by atoms with Gasteiger partial charge in [0.1, 0.15) is 0 Å². The fraction of sp³-hybridized carbons (Fsp3) is 0.692.